The lowest BCUT2D eigenvalue weighted by atomic mass is 10.2. The van der Waals surface area contributed by atoms with E-state index in [1.807, 2.05) is 36.4 Å². The van der Waals surface area contributed by atoms with Gasteiger partial charge in [-0.15, -0.1) is 0 Å². The molecule has 0 radical (unpaired) electrons. The smallest absolute Gasteiger partial charge is 0.128 e. The highest BCUT2D eigenvalue weighted by molar-refractivity contribution is 5.57. The number of nitriles is 1. The molecule has 78 valence electrons. The predicted molar refractivity (Wildman–Crippen MR) is 62.1 cm³/mol. The topological polar surface area (TPSA) is 59.0 Å². The van der Waals surface area contributed by atoms with Crippen LogP contribution >= 0.6 is 0 Å². The first kappa shape index (κ1) is 10.1. The number of benzene rings is 2. The molecule has 0 saturated heterocycles. The highest BCUT2D eigenvalue weighted by Gasteiger charge is 2.01. The Balaban J connectivity index is 2.27. The Morgan fingerprint density at radius 3 is 2.44 bits per heavy atom. The predicted octanol–water partition coefficient (Wildman–Crippen LogP) is 2.93. The SMILES string of the molecule is N#Cc1cc(Oc2ccccc2)ccc1N. The number of nitrogens with two attached hydrogens (primary N) is 1. The van der Waals surface area contributed by atoms with E-state index in [0.717, 1.165) is 5.75 Å². The number of rotatable bonds is 2. The standard InChI is InChI=1S/C13H10N2O/c14-9-10-8-12(6-7-13(10)15)16-11-4-2-1-3-5-11/h1-8H,15H2. The van der Waals surface area contributed by atoms with Gasteiger partial charge in [0.25, 0.3) is 0 Å². The lowest BCUT2D eigenvalue weighted by Crippen LogP contribution is -1.91. The Morgan fingerprint density at radius 1 is 1.00 bits per heavy atom. The minimum atomic E-state index is 0.424. The van der Waals surface area contributed by atoms with Crippen LogP contribution in [0.4, 0.5) is 5.69 Å². The Kier molecular flexibility index (Phi) is 2.75. The van der Waals surface area contributed by atoms with Crippen molar-refractivity contribution in [3.8, 4) is 17.6 Å². The van der Waals surface area contributed by atoms with Crippen molar-refractivity contribution in [2.24, 2.45) is 0 Å². The fourth-order valence-corrected chi connectivity index (χ4v) is 1.32. The fourth-order valence-electron chi connectivity index (χ4n) is 1.32. The van der Waals surface area contributed by atoms with Crippen LogP contribution in [0.15, 0.2) is 48.5 Å². The van der Waals surface area contributed by atoms with Crippen molar-refractivity contribution >= 4 is 5.69 Å². The van der Waals surface area contributed by atoms with Gasteiger partial charge in [0, 0.05) is 11.8 Å². The molecule has 2 aromatic carbocycles. The first-order valence-corrected chi connectivity index (χ1v) is 4.82. The highest BCUT2D eigenvalue weighted by atomic mass is 16.5. The minimum Gasteiger partial charge on any atom is -0.457 e. The van der Waals surface area contributed by atoms with E-state index in [4.69, 9.17) is 15.7 Å². The summed E-state index contributed by atoms with van der Waals surface area (Å²) in [6.07, 6.45) is 0. The van der Waals surface area contributed by atoms with Crippen LogP contribution in [0.3, 0.4) is 0 Å². The van der Waals surface area contributed by atoms with E-state index in [0.29, 0.717) is 17.0 Å². The molecule has 0 atom stereocenters. The van der Waals surface area contributed by atoms with Gasteiger partial charge in [-0.3, -0.25) is 0 Å². The second-order valence-electron chi connectivity index (χ2n) is 3.28. The number of anilines is 1. The zero-order valence-corrected chi connectivity index (χ0v) is 8.55. The first-order valence-electron chi connectivity index (χ1n) is 4.82. The number of nitrogens with zero attached hydrogens (tertiary/aromatic N) is 1. The number of para-hydroxylation sites is 1. The summed E-state index contributed by atoms with van der Waals surface area (Å²) in [5, 5.41) is 8.82. The van der Waals surface area contributed by atoms with Gasteiger partial charge in [0.05, 0.1) is 5.56 Å². The summed E-state index contributed by atoms with van der Waals surface area (Å²) >= 11 is 0. The molecule has 2 aromatic rings. The lowest BCUT2D eigenvalue weighted by molar-refractivity contribution is 0.482. The summed E-state index contributed by atoms with van der Waals surface area (Å²) < 4.78 is 5.57. The molecule has 0 spiro atoms. The summed E-state index contributed by atoms with van der Waals surface area (Å²) in [7, 11) is 0. The molecule has 3 heteroatoms. The summed E-state index contributed by atoms with van der Waals surface area (Å²) in [5.41, 5.74) is 6.50. The van der Waals surface area contributed by atoms with Crippen molar-refractivity contribution in [3.63, 3.8) is 0 Å². The third-order valence-corrected chi connectivity index (χ3v) is 2.12. The van der Waals surface area contributed by atoms with Crippen LogP contribution in [0.1, 0.15) is 5.56 Å². The van der Waals surface area contributed by atoms with Crippen LogP contribution in [0, 0.1) is 11.3 Å². The molecule has 0 bridgehead atoms. The maximum atomic E-state index is 8.82. The Bertz CT molecular complexity index is 529. The summed E-state index contributed by atoms with van der Waals surface area (Å²) in [6, 6.07) is 16.4. The van der Waals surface area contributed by atoms with Crippen molar-refractivity contribution in [3.05, 3.63) is 54.1 Å². The normalized spacial score (nSPS) is 9.44. The zero-order chi connectivity index (χ0) is 11.4. The van der Waals surface area contributed by atoms with Crippen LogP contribution in [0.5, 0.6) is 11.5 Å². The van der Waals surface area contributed by atoms with Crippen LogP contribution in [0.25, 0.3) is 0 Å². The molecule has 2 N–H and O–H groups in total. The molecular weight excluding hydrogens is 200 g/mol. The van der Waals surface area contributed by atoms with E-state index in [2.05, 4.69) is 0 Å². The third-order valence-electron chi connectivity index (χ3n) is 2.12. The molecule has 0 heterocycles. The van der Waals surface area contributed by atoms with Gasteiger partial charge in [0.15, 0.2) is 0 Å². The van der Waals surface area contributed by atoms with Crippen LogP contribution < -0.4 is 10.5 Å². The van der Waals surface area contributed by atoms with Crippen molar-refractivity contribution in [1.29, 1.82) is 5.26 Å². The van der Waals surface area contributed by atoms with E-state index in [1.54, 1.807) is 18.2 Å². The average molecular weight is 210 g/mol. The first-order chi connectivity index (χ1) is 7.79. The van der Waals surface area contributed by atoms with Crippen LogP contribution in [0.2, 0.25) is 0 Å². The third kappa shape index (κ3) is 2.12. The Labute approximate surface area is 93.7 Å². The lowest BCUT2D eigenvalue weighted by Gasteiger charge is -2.06. The molecule has 0 fully saturated rings. The molecule has 0 aliphatic heterocycles. The molecule has 2 rings (SSSR count). The van der Waals surface area contributed by atoms with Gasteiger partial charge in [-0.05, 0) is 24.3 Å². The molecule has 0 aliphatic rings. The quantitative estimate of drug-likeness (QED) is 0.775. The van der Waals surface area contributed by atoms with Gasteiger partial charge in [-0.2, -0.15) is 5.26 Å². The maximum Gasteiger partial charge on any atom is 0.128 e. The number of ether oxygens (including phenoxy) is 1. The fraction of sp³-hybridized carbons (Fsp3) is 0. The monoisotopic (exact) mass is 210 g/mol. The maximum absolute atomic E-state index is 8.82. The van der Waals surface area contributed by atoms with Gasteiger partial charge in [0.2, 0.25) is 0 Å². The summed E-state index contributed by atoms with van der Waals surface area (Å²) in [6.45, 7) is 0. The summed E-state index contributed by atoms with van der Waals surface area (Å²) in [4.78, 5) is 0. The van der Waals surface area contributed by atoms with Crippen molar-refractivity contribution < 1.29 is 4.74 Å². The Morgan fingerprint density at radius 2 is 1.75 bits per heavy atom. The molecule has 0 unspecified atom stereocenters. The van der Waals surface area contributed by atoms with Crippen molar-refractivity contribution in [2.45, 2.75) is 0 Å². The van der Waals surface area contributed by atoms with Gasteiger partial charge < -0.3 is 10.5 Å². The molecule has 0 aliphatic carbocycles. The van der Waals surface area contributed by atoms with Gasteiger partial charge in [-0.25, -0.2) is 0 Å². The van der Waals surface area contributed by atoms with Gasteiger partial charge in [-0.1, -0.05) is 18.2 Å². The van der Waals surface area contributed by atoms with E-state index in [1.165, 1.54) is 0 Å². The largest absolute Gasteiger partial charge is 0.457 e. The average Bonchev–Trinajstić information content (AvgIpc) is 2.33. The number of hydrogen-bond acceptors (Lipinski definition) is 3. The second kappa shape index (κ2) is 4.37. The molecular formula is C13H10N2O. The molecule has 16 heavy (non-hydrogen) atoms. The number of nitrogen functional groups attached to an aromatic ring is 1. The van der Waals surface area contributed by atoms with Gasteiger partial charge >= 0.3 is 0 Å². The summed E-state index contributed by atoms with van der Waals surface area (Å²) in [5.74, 6) is 1.34. The molecule has 0 aromatic heterocycles. The van der Waals surface area contributed by atoms with Gasteiger partial charge in [0.1, 0.15) is 17.6 Å². The second-order valence-corrected chi connectivity index (χ2v) is 3.28. The van der Waals surface area contributed by atoms with E-state index < -0.39 is 0 Å². The molecule has 0 saturated carbocycles. The molecule has 3 nitrogen and oxygen atoms in total. The zero-order valence-electron chi connectivity index (χ0n) is 8.55. The van der Waals surface area contributed by atoms with Crippen LogP contribution in [-0.4, -0.2) is 0 Å². The Hall–Kier alpha value is -2.47. The highest BCUT2D eigenvalue weighted by Crippen LogP contribution is 2.24. The van der Waals surface area contributed by atoms with E-state index >= 15 is 0 Å². The minimum absolute atomic E-state index is 0.424. The van der Waals surface area contributed by atoms with Crippen molar-refractivity contribution in [1.82, 2.24) is 0 Å². The van der Waals surface area contributed by atoms with E-state index in [-0.39, 0.29) is 0 Å². The van der Waals surface area contributed by atoms with Crippen molar-refractivity contribution in [2.75, 3.05) is 5.73 Å². The van der Waals surface area contributed by atoms with Crippen LogP contribution in [-0.2, 0) is 0 Å². The molecule has 0 amide bonds. The number of hydrogen-bond donors (Lipinski definition) is 1. The van der Waals surface area contributed by atoms with E-state index in [9.17, 15) is 0 Å².